The molecule has 0 heterocycles. The van der Waals surface area contributed by atoms with E-state index in [4.69, 9.17) is 0 Å². The summed E-state index contributed by atoms with van der Waals surface area (Å²) in [5.41, 5.74) is 0. The maximum absolute atomic E-state index is 11.1. The zero-order chi connectivity index (χ0) is 11.2. The molecule has 0 aromatic carbocycles. The third-order valence-electron chi connectivity index (χ3n) is 1.69. The number of hydrogen-bond donors (Lipinski definition) is 1. The van der Waals surface area contributed by atoms with Gasteiger partial charge < -0.3 is 9.87 Å². The summed E-state index contributed by atoms with van der Waals surface area (Å²) in [4.78, 5) is 11.1. The average molecular weight is 247 g/mol. The molecular weight excluding hydrogens is 233 g/mol. The molecule has 0 aliphatic carbocycles. The summed E-state index contributed by atoms with van der Waals surface area (Å²) in [6.45, 7) is 3.31. The van der Waals surface area contributed by atoms with Crippen molar-refractivity contribution >= 4 is 16.3 Å². The first-order valence-corrected chi connectivity index (χ1v) is 5.58. The van der Waals surface area contributed by atoms with Crippen molar-refractivity contribution in [1.82, 2.24) is 5.32 Å². The van der Waals surface area contributed by atoms with Gasteiger partial charge in [0.25, 0.3) is 0 Å². The standard InChI is InChI=1S/C7H15NO5S.Na/c1-3-6(2)7(9)8-4-5-13-14(10,11)12;/h6H,3-5H2,1-2H3,(H,8,9)(H,10,11,12);/q;+1/p-1. The maximum Gasteiger partial charge on any atom is 1.00 e. The number of nitrogens with one attached hydrogen (secondary N) is 1. The van der Waals surface area contributed by atoms with Gasteiger partial charge in [-0.15, -0.1) is 0 Å². The second-order valence-electron chi connectivity index (χ2n) is 2.83. The predicted octanol–water partition coefficient (Wildman–Crippen LogP) is -3.37. The zero-order valence-electron chi connectivity index (χ0n) is 9.15. The fourth-order valence-electron chi connectivity index (χ4n) is 0.678. The monoisotopic (exact) mass is 247 g/mol. The molecule has 0 rings (SSSR count). The summed E-state index contributed by atoms with van der Waals surface area (Å²) in [6, 6.07) is 0. The van der Waals surface area contributed by atoms with Gasteiger partial charge in [0, 0.05) is 12.5 Å². The minimum atomic E-state index is -4.65. The van der Waals surface area contributed by atoms with Crippen LogP contribution < -0.4 is 34.9 Å². The van der Waals surface area contributed by atoms with Crippen molar-refractivity contribution in [1.29, 1.82) is 0 Å². The van der Waals surface area contributed by atoms with Crippen molar-refractivity contribution in [3.63, 3.8) is 0 Å². The van der Waals surface area contributed by atoms with Crippen LogP contribution in [0.2, 0.25) is 0 Å². The first-order valence-electron chi connectivity index (χ1n) is 4.24. The van der Waals surface area contributed by atoms with Crippen LogP contribution in [0.3, 0.4) is 0 Å². The Morgan fingerprint density at radius 2 is 2.07 bits per heavy atom. The summed E-state index contributed by atoms with van der Waals surface area (Å²) < 4.78 is 33.8. The normalized spacial score (nSPS) is 12.7. The molecule has 0 aliphatic heterocycles. The first-order chi connectivity index (χ1) is 6.37. The number of hydrogen-bond acceptors (Lipinski definition) is 5. The van der Waals surface area contributed by atoms with Gasteiger partial charge in [-0.3, -0.25) is 8.98 Å². The third-order valence-corrected chi connectivity index (χ3v) is 2.14. The Kier molecular flexibility index (Phi) is 10.0. The summed E-state index contributed by atoms with van der Waals surface area (Å²) in [7, 11) is -4.65. The van der Waals surface area contributed by atoms with E-state index in [1.165, 1.54) is 0 Å². The van der Waals surface area contributed by atoms with Crippen molar-refractivity contribution in [2.45, 2.75) is 20.3 Å². The predicted molar refractivity (Wildman–Crippen MR) is 48.1 cm³/mol. The molecular formula is C7H14NNaO5S. The molecule has 0 spiro atoms. The van der Waals surface area contributed by atoms with Crippen molar-refractivity contribution in [2.75, 3.05) is 13.2 Å². The molecule has 0 aromatic heterocycles. The SMILES string of the molecule is CCC(C)C(=O)NCCOS(=O)(=O)[O-].[Na+]. The van der Waals surface area contributed by atoms with Crippen LogP contribution in [0.25, 0.3) is 0 Å². The van der Waals surface area contributed by atoms with E-state index in [2.05, 4.69) is 9.50 Å². The van der Waals surface area contributed by atoms with Gasteiger partial charge in [0.1, 0.15) is 0 Å². The second-order valence-corrected chi connectivity index (χ2v) is 3.88. The molecule has 1 unspecified atom stereocenters. The van der Waals surface area contributed by atoms with Crippen LogP contribution >= 0.6 is 0 Å². The van der Waals surface area contributed by atoms with Gasteiger partial charge in [-0.25, -0.2) is 8.42 Å². The quantitative estimate of drug-likeness (QED) is 0.229. The fraction of sp³-hybridized carbons (Fsp3) is 0.857. The molecule has 1 amide bonds. The summed E-state index contributed by atoms with van der Waals surface area (Å²) in [5, 5.41) is 2.44. The molecule has 0 radical (unpaired) electrons. The van der Waals surface area contributed by atoms with Crippen LogP contribution in [0.4, 0.5) is 0 Å². The molecule has 0 saturated heterocycles. The summed E-state index contributed by atoms with van der Waals surface area (Å²) >= 11 is 0. The van der Waals surface area contributed by atoms with Gasteiger partial charge in [0.2, 0.25) is 16.3 Å². The molecule has 84 valence electrons. The van der Waals surface area contributed by atoms with Crippen LogP contribution in [-0.2, 0) is 19.4 Å². The molecule has 15 heavy (non-hydrogen) atoms. The van der Waals surface area contributed by atoms with Gasteiger partial charge in [-0.05, 0) is 6.42 Å². The van der Waals surface area contributed by atoms with E-state index in [0.717, 1.165) is 0 Å². The number of amides is 1. The molecule has 1 atom stereocenters. The molecule has 8 heteroatoms. The average Bonchev–Trinajstić information content (AvgIpc) is 2.09. The Bertz CT molecular complexity index is 279. The van der Waals surface area contributed by atoms with E-state index < -0.39 is 10.4 Å². The smallest absolute Gasteiger partial charge is 0.726 e. The van der Waals surface area contributed by atoms with Crippen LogP contribution in [0, 0.1) is 5.92 Å². The van der Waals surface area contributed by atoms with E-state index in [9.17, 15) is 17.8 Å². The van der Waals surface area contributed by atoms with Gasteiger partial charge in [0.15, 0.2) is 0 Å². The fourth-order valence-corrected chi connectivity index (χ4v) is 0.965. The van der Waals surface area contributed by atoms with Crippen LogP contribution in [0.5, 0.6) is 0 Å². The summed E-state index contributed by atoms with van der Waals surface area (Å²) in [5.74, 6) is -0.307. The third kappa shape index (κ3) is 10.6. The van der Waals surface area contributed by atoms with E-state index >= 15 is 0 Å². The maximum atomic E-state index is 11.1. The number of rotatable bonds is 6. The Balaban J connectivity index is 0. The molecule has 1 N–H and O–H groups in total. The zero-order valence-corrected chi connectivity index (χ0v) is 12.0. The van der Waals surface area contributed by atoms with Crippen LogP contribution in [0.15, 0.2) is 0 Å². The molecule has 0 aliphatic rings. The van der Waals surface area contributed by atoms with Crippen molar-refractivity contribution in [3.8, 4) is 0 Å². The Hall–Kier alpha value is 0.340. The largest absolute Gasteiger partial charge is 1.00 e. The van der Waals surface area contributed by atoms with Crippen LogP contribution in [0.1, 0.15) is 20.3 Å². The molecule has 0 fully saturated rings. The van der Waals surface area contributed by atoms with E-state index in [-0.39, 0.29) is 54.5 Å². The Morgan fingerprint density at radius 3 is 2.47 bits per heavy atom. The number of carbonyl (C=O) groups excluding carboxylic acids is 1. The van der Waals surface area contributed by atoms with E-state index in [0.29, 0.717) is 6.42 Å². The van der Waals surface area contributed by atoms with Crippen molar-refractivity contribution in [3.05, 3.63) is 0 Å². The molecule has 0 aromatic rings. The van der Waals surface area contributed by atoms with E-state index in [1.54, 1.807) is 6.92 Å². The van der Waals surface area contributed by atoms with E-state index in [1.807, 2.05) is 6.92 Å². The summed E-state index contributed by atoms with van der Waals surface area (Å²) in [6.07, 6.45) is 0.701. The first kappa shape index (κ1) is 17.7. The van der Waals surface area contributed by atoms with Gasteiger partial charge >= 0.3 is 29.6 Å². The molecule has 0 saturated carbocycles. The minimum absolute atomic E-state index is 0. The topological polar surface area (TPSA) is 95.5 Å². The van der Waals surface area contributed by atoms with Crippen molar-refractivity contribution < 1.29 is 51.5 Å². The molecule has 6 nitrogen and oxygen atoms in total. The second kappa shape index (κ2) is 8.49. The Morgan fingerprint density at radius 1 is 1.53 bits per heavy atom. The molecule has 0 bridgehead atoms. The minimum Gasteiger partial charge on any atom is -0.726 e. The van der Waals surface area contributed by atoms with Crippen LogP contribution in [-0.4, -0.2) is 32.0 Å². The van der Waals surface area contributed by atoms with Gasteiger partial charge in [-0.2, -0.15) is 0 Å². The van der Waals surface area contributed by atoms with Gasteiger partial charge in [0.05, 0.1) is 6.61 Å². The Labute approximate surface area is 112 Å². The van der Waals surface area contributed by atoms with Crippen molar-refractivity contribution in [2.24, 2.45) is 5.92 Å². The van der Waals surface area contributed by atoms with Gasteiger partial charge in [-0.1, -0.05) is 13.8 Å². The number of carbonyl (C=O) groups is 1.